The average molecular weight is 275 g/mol. The fourth-order valence-corrected chi connectivity index (χ4v) is 2.92. The second kappa shape index (κ2) is 5.95. The fourth-order valence-electron chi connectivity index (χ4n) is 1.85. The van der Waals surface area contributed by atoms with Crippen LogP contribution in [0.4, 0.5) is 5.69 Å². The number of carbonyl (C=O) groups is 1. The van der Waals surface area contributed by atoms with Gasteiger partial charge >= 0.3 is 0 Å². The lowest BCUT2D eigenvalue weighted by Gasteiger charge is -2.03. The van der Waals surface area contributed by atoms with Gasteiger partial charge in [-0.15, -0.1) is 11.3 Å². The van der Waals surface area contributed by atoms with Crippen LogP contribution in [0.1, 0.15) is 17.5 Å². The van der Waals surface area contributed by atoms with Crippen molar-refractivity contribution in [1.29, 1.82) is 0 Å². The van der Waals surface area contributed by atoms with Crippen molar-refractivity contribution >= 4 is 22.9 Å². The zero-order valence-electron chi connectivity index (χ0n) is 11.1. The average Bonchev–Trinajstić information content (AvgIpc) is 2.71. The molecule has 100 valence electrons. The first-order chi connectivity index (χ1) is 9.10. The molecule has 0 bridgehead atoms. The van der Waals surface area contributed by atoms with Crippen molar-refractivity contribution in [3.63, 3.8) is 0 Å². The quantitative estimate of drug-likeness (QED) is 0.901. The molecular weight excluding hydrogens is 258 g/mol. The number of rotatable bonds is 4. The van der Waals surface area contributed by atoms with E-state index < -0.39 is 0 Å². The Morgan fingerprint density at radius 3 is 2.95 bits per heavy atom. The summed E-state index contributed by atoms with van der Waals surface area (Å²) in [6.07, 6.45) is 0.856. The summed E-state index contributed by atoms with van der Waals surface area (Å²) in [5.74, 6) is -0.0729. The lowest BCUT2D eigenvalue weighted by Crippen LogP contribution is -2.05. The normalized spacial score (nSPS) is 10.5. The number of carbonyl (C=O) groups excluding carboxylic acids is 1. The molecule has 0 aliphatic carbocycles. The van der Waals surface area contributed by atoms with Crippen LogP contribution in [-0.2, 0) is 11.2 Å². The van der Waals surface area contributed by atoms with Gasteiger partial charge in [-0.2, -0.15) is 0 Å². The van der Waals surface area contributed by atoms with E-state index in [1.807, 2.05) is 31.2 Å². The van der Waals surface area contributed by atoms with Gasteiger partial charge in [0.2, 0.25) is 5.91 Å². The molecule has 19 heavy (non-hydrogen) atoms. The second-order valence-electron chi connectivity index (χ2n) is 4.33. The maximum Gasteiger partial charge on any atom is 0.221 e. The lowest BCUT2D eigenvalue weighted by atomic mass is 10.2. The van der Waals surface area contributed by atoms with Crippen LogP contribution in [0.25, 0.3) is 10.6 Å². The van der Waals surface area contributed by atoms with Crippen molar-refractivity contribution in [3.8, 4) is 10.6 Å². The molecule has 0 fully saturated rings. The van der Waals surface area contributed by atoms with Crippen LogP contribution in [0.3, 0.4) is 0 Å². The minimum atomic E-state index is -0.0729. The molecule has 1 aromatic carbocycles. The number of aryl methyl sites for hydroxylation is 1. The van der Waals surface area contributed by atoms with Gasteiger partial charge in [0.1, 0.15) is 5.01 Å². The zero-order chi connectivity index (χ0) is 13.8. The van der Waals surface area contributed by atoms with Gasteiger partial charge in [-0.25, -0.2) is 4.98 Å². The van der Waals surface area contributed by atoms with Gasteiger partial charge in [0, 0.05) is 23.1 Å². The molecule has 1 amide bonds. The second-order valence-corrected chi connectivity index (χ2v) is 5.41. The van der Waals surface area contributed by atoms with Crippen molar-refractivity contribution in [1.82, 2.24) is 4.98 Å². The summed E-state index contributed by atoms with van der Waals surface area (Å²) in [6, 6.07) is 7.72. The third-order valence-corrected chi connectivity index (χ3v) is 3.96. The molecule has 0 aliphatic rings. The third kappa shape index (κ3) is 3.39. The number of amides is 1. The highest BCUT2D eigenvalue weighted by molar-refractivity contribution is 7.15. The highest BCUT2D eigenvalue weighted by atomic mass is 32.1. The van der Waals surface area contributed by atoms with Gasteiger partial charge in [-0.1, -0.05) is 12.1 Å². The molecule has 0 spiro atoms. The van der Waals surface area contributed by atoms with E-state index in [4.69, 9.17) is 5.73 Å². The smallest absolute Gasteiger partial charge is 0.221 e. The molecule has 1 aromatic heterocycles. The first kappa shape index (κ1) is 13.7. The summed E-state index contributed by atoms with van der Waals surface area (Å²) in [6.45, 7) is 4.14. The molecule has 0 unspecified atom stereocenters. The molecule has 0 saturated carbocycles. The lowest BCUT2D eigenvalue weighted by molar-refractivity contribution is -0.114. The molecule has 1 heterocycles. The van der Waals surface area contributed by atoms with E-state index >= 15 is 0 Å². The first-order valence-electron chi connectivity index (χ1n) is 6.14. The van der Waals surface area contributed by atoms with Gasteiger partial charge in [0.15, 0.2) is 0 Å². The van der Waals surface area contributed by atoms with E-state index in [0.717, 1.165) is 28.4 Å². The van der Waals surface area contributed by atoms with E-state index in [1.165, 1.54) is 11.8 Å². The van der Waals surface area contributed by atoms with Crippen molar-refractivity contribution in [2.75, 3.05) is 11.9 Å². The molecule has 5 heteroatoms. The van der Waals surface area contributed by atoms with E-state index in [9.17, 15) is 4.79 Å². The predicted octanol–water partition coefficient (Wildman–Crippen LogP) is 2.58. The number of benzene rings is 1. The Kier molecular flexibility index (Phi) is 4.29. The maximum atomic E-state index is 11.1. The van der Waals surface area contributed by atoms with Crippen LogP contribution in [0.2, 0.25) is 0 Å². The summed E-state index contributed by atoms with van der Waals surface area (Å²) < 4.78 is 0. The van der Waals surface area contributed by atoms with Gasteiger partial charge in [0.25, 0.3) is 0 Å². The number of nitrogens with zero attached hydrogens (tertiary/aromatic N) is 1. The number of anilines is 1. The summed E-state index contributed by atoms with van der Waals surface area (Å²) in [7, 11) is 0. The minimum Gasteiger partial charge on any atom is -0.330 e. The molecule has 3 N–H and O–H groups in total. The van der Waals surface area contributed by atoms with Crippen LogP contribution in [0, 0.1) is 6.92 Å². The van der Waals surface area contributed by atoms with Gasteiger partial charge < -0.3 is 11.1 Å². The monoisotopic (exact) mass is 275 g/mol. The van der Waals surface area contributed by atoms with E-state index in [0.29, 0.717) is 6.54 Å². The minimum absolute atomic E-state index is 0.0729. The Bertz CT molecular complexity index is 592. The van der Waals surface area contributed by atoms with Crippen molar-refractivity contribution in [2.45, 2.75) is 20.3 Å². The topological polar surface area (TPSA) is 68.0 Å². The van der Waals surface area contributed by atoms with Crippen LogP contribution < -0.4 is 11.1 Å². The summed E-state index contributed by atoms with van der Waals surface area (Å²) >= 11 is 1.66. The van der Waals surface area contributed by atoms with E-state index in [1.54, 1.807) is 11.3 Å². The van der Waals surface area contributed by atoms with Crippen LogP contribution in [0.15, 0.2) is 24.3 Å². The molecular formula is C14H17N3OS. The third-order valence-electron chi connectivity index (χ3n) is 2.69. The highest BCUT2D eigenvalue weighted by Gasteiger charge is 2.09. The van der Waals surface area contributed by atoms with E-state index in [-0.39, 0.29) is 5.91 Å². The number of aromatic nitrogens is 1. The largest absolute Gasteiger partial charge is 0.330 e. The van der Waals surface area contributed by atoms with Crippen molar-refractivity contribution in [3.05, 3.63) is 34.8 Å². The Balaban J connectivity index is 2.30. The number of nitrogens with one attached hydrogen (secondary N) is 1. The Labute approximate surface area is 116 Å². The zero-order valence-corrected chi connectivity index (χ0v) is 11.9. The number of nitrogens with two attached hydrogens (primary N) is 1. The highest BCUT2D eigenvalue weighted by Crippen LogP contribution is 2.29. The Hall–Kier alpha value is -1.72. The molecule has 0 saturated heterocycles. The first-order valence-corrected chi connectivity index (χ1v) is 6.96. The van der Waals surface area contributed by atoms with Crippen molar-refractivity contribution in [2.24, 2.45) is 5.73 Å². The molecule has 4 nitrogen and oxygen atoms in total. The van der Waals surface area contributed by atoms with Gasteiger partial charge in [-0.3, -0.25) is 4.79 Å². The van der Waals surface area contributed by atoms with Crippen LogP contribution in [0.5, 0.6) is 0 Å². The Morgan fingerprint density at radius 1 is 1.47 bits per heavy atom. The molecule has 2 rings (SSSR count). The fraction of sp³-hybridized carbons (Fsp3) is 0.286. The SMILES string of the molecule is CC(=O)Nc1cccc(-c2nc(C)c(CCN)s2)c1. The van der Waals surface area contributed by atoms with Gasteiger partial charge in [-0.05, 0) is 32.0 Å². The number of thiazole rings is 1. The van der Waals surface area contributed by atoms with Crippen LogP contribution in [-0.4, -0.2) is 17.4 Å². The maximum absolute atomic E-state index is 11.1. The van der Waals surface area contributed by atoms with Crippen molar-refractivity contribution < 1.29 is 4.79 Å². The molecule has 0 aliphatic heterocycles. The van der Waals surface area contributed by atoms with Gasteiger partial charge in [0.05, 0.1) is 5.69 Å². The molecule has 2 aromatic rings. The number of hydrogen-bond acceptors (Lipinski definition) is 4. The molecule has 0 radical (unpaired) electrons. The summed E-state index contributed by atoms with van der Waals surface area (Å²) in [5, 5.41) is 3.75. The molecule has 0 atom stereocenters. The van der Waals surface area contributed by atoms with Crippen LogP contribution >= 0.6 is 11.3 Å². The summed E-state index contributed by atoms with van der Waals surface area (Å²) in [4.78, 5) is 16.9. The van der Waals surface area contributed by atoms with E-state index in [2.05, 4.69) is 10.3 Å². The predicted molar refractivity (Wildman–Crippen MR) is 79.3 cm³/mol. The summed E-state index contributed by atoms with van der Waals surface area (Å²) in [5.41, 5.74) is 8.43. The standard InChI is InChI=1S/C14H17N3OS/c1-9-13(6-7-15)19-14(16-9)11-4-3-5-12(8-11)17-10(2)18/h3-5,8H,6-7,15H2,1-2H3,(H,17,18). The number of hydrogen-bond donors (Lipinski definition) is 2. The Morgan fingerprint density at radius 2 is 2.26 bits per heavy atom.